The van der Waals surface area contributed by atoms with E-state index in [0.29, 0.717) is 12.1 Å². The SMILES string of the molecule is CCn1cnc2c(=O)n(C)n(C)c(=O)c21. The molecule has 0 radical (unpaired) electrons. The van der Waals surface area contributed by atoms with Crippen LogP contribution in [0.5, 0.6) is 0 Å². The number of aromatic nitrogens is 4. The Morgan fingerprint density at radius 2 is 1.80 bits per heavy atom. The molecule has 0 aromatic carbocycles. The molecule has 0 spiro atoms. The Labute approximate surface area is 85.4 Å². The first-order valence-electron chi connectivity index (χ1n) is 4.69. The van der Waals surface area contributed by atoms with E-state index in [1.165, 1.54) is 15.7 Å². The van der Waals surface area contributed by atoms with Crippen LogP contribution in [-0.2, 0) is 20.6 Å². The van der Waals surface area contributed by atoms with Gasteiger partial charge in [-0.3, -0.25) is 9.59 Å². The molecule has 6 heteroatoms. The molecule has 0 saturated carbocycles. The van der Waals surface area contributed by atoms with E-state index in [1.807, 2.05) is 6.92 Å². The van der Waals surface area contributed by atoms with Crippen LogP contribution < -0.4 is 11.1 Å². The summed E-state index contributed by atoms with van der Waals surface area (Å²) < 4.78 is 4.23. The Balaban J connectivity index is 3.11. The lowest BCUT2D eigenvalue weighted by Crippen LogP contribution is -2.35. The zero-order chi connectivity index (χ0) is 11.2. The molecule has 0 bridgehead atoms. The largest absolute Gasteiger partial charge is 0.326 e. The van der Waals surface area contributed by atoms with Crippen molar-refractivity contribution in [1.82, 2.24) is 18.9 Å². The van der Waals surface area contributed by atoms with Crippen LogP contribution in [0.15, 0.2) is 15.9 Å². The summed E-state index contributed by atoms with van der Waals surface area (Å²) in [5, 5.41) is 0. The van der Waals surface area contributed by atoms with Gasteiger partial charge >= 0.3 is 0 Å². The minimum absolute atomic E-state index is 0.202. The summed E-state index contributed by atoms with van der Waals surface area (Å²) in [7, 11) is 3.12. The Hall–Kier alpha value is -1.85. The van der Waals surface area contributed by atoms with Crippen molar-refractivity contribution in [2.75, 3.05) is 0 Å². The van der Waals surface area contributed by atoms with Crippen molar-refractivity contribution < 1.29 is 0 Å². The molecule has 0 aliphatic carbocycles. The molecule has 2 aromatic rings. The first-order chi connectivity index (χ1) is 7.07. The molecular formula is C9H12N4O2. The summed E-state index contributed by atoms with van der Waals surface area (Å²) in [5.74, 6) is 0. The number of hydrogen-bond donors (Lipinski definition) is 0. The second kappa shape index (κ2) is 3.08. The van der Waals surface area contributed by atoms with Crippen LogP contribution in [0.2, 0.25) is 0 Å². The van der Waals surface area contributed by atoms with Crippen LogP contribution in [0.25, 0.3) is 11.0 Å². The molecule has 0 N–H and O–H groups in total. The number of fused-ring (bicyclic) bond motifs is 1. The molecule has 2 aromatic heterocycles. The van der Waals surface area contributed by atoms with E-state index in [2.05, 4.69) is 4.98 Å². The highest BCUT2D eigenvalue weighted by Gasteiger charge is 2.13. The summed E-state index contributed by atoms with van der Waals surface area (Å²) in [6.45, 7) is 2.52. The standard InChI is InChI=1S/C9H12N4O2/c1-4-13-5-10-6-7(13)9(15)12(3)11(2)8(6)14/h5H,4H2,1-3H3. The summed E-state index contributed by atoms with van der Waals surface area (Å²) >= 11 is 0. The minimum Gasteiger partial charge on any atom is -0.326 e. The predicted molar refractivity (Wildman–Crippen MR) is 55.9 cm³/mol. The van der Waals surface area contributed by atoms with Gasteiger partial charge in [0.05, 0.1) is 6.33 Å². The molecule has 0 fully saturated rings. The number of aryl methyl sites for hydroxylation is 1. The fourth-order valence-corrected chi connectivity index (χ4v) is 1.58. The zero-order valence-electron chi connectivity index (χ0n) is 8.89. The lowest BCUT2D eigenvalue weighted by molar-refractivity contribution is 0.539. The Morgan fingerprint density at radius 1 is 1.20 bits per heavy atom. The highest BCUT2D eigenvalue weighted by Crippen LogP contribution is 2.01. The molecule has 0 amide bonds. The maximum absolute atomic E-state index is 11.9. The minimum atomic E-state index is -0.251. The molecule has 0 aliphatic rings. The van der Waals surface area contributed by atoms with E-state index in [-0.39, 0.29) is 16.6 Å². The van der Waals surface area contributed by atoms with Gasteiger partial charge in [0.2, 0.25) is 0 Å². The zero-order valence-corrected chi connectivity index (χ0v) is 8.89. The molecule has 0 saturated heterocycles. The van der Waals surface area contributed by atoms with Gasteiger partial charge in [0, 0.05) is 20.6 Å². The van der Waals surface area contributed by atoms with E-state index in [1.54, 1.807) is 18.7 Å². The highest BCUT2D eigenvalue weighted by molar-refractivity contribution is 5.72. The van der Waals surface area contributed by atoms with E-state index < -0.39 is 0 Å². The van der Waals surface area contributed by atoms with Crippen molar-refractivity contribution in [3.8, 4) is 0 Å². The maximum atomic E-state index is 11.9. The summed E-state index contributed by atoms with van der Waals surface area (Å²) in [6.07, 6.45) is 1.52. The van der Waals surface area contributed by atoms with Gasteiger partial charge in [-0.15, -0.1) is 0 Å². The van der Waals surface area contributed by atoms with Gasteiger partial charge in [-0.25, -0.2) is 14.3 Å². The van der Waals surface area contributed by atoms with Crippen molar-refractivity contribution >= 4 is 11.0 Å². The number of hydrogen-bond acceptors (Lipinski definition) is 3. The van der Waals surface area contributed by atoms with Crippen molar-refractivity contribution in [2.24, 2.45) is 14.1 Å². The monoisotopic (exact) mass is 208 g/mol. The Morgan fingerprint density at radius 3 is 2.40 bits per heavy atom. The van der Waals surface area contributed by atoms with Crippen LogP contribution >= 0.6 is 0 Å². The lowest BCUT2D eigenvalue weighted by Gasteiger charge is -2.06. The van der Waals surface area contributed by atoms with E-state index in [0.717, 1.165) is 0 Å². The molecule has 15 heavy (non-hydrogen) atoms. The first-order valence-corrected chi connectivity index (χ1v) is 4.69. The number of imidazole rings is 1. The normalized spacial score (nSPS) is 11.1. The molecule has 80 valence electrons. The Bertz CT molecular complexity index is 632. The summed E-state index contributed by atoms with van der Waals surface area (Å²) in [4.78, 5) is 27.6. The molecule has 0 aliphatic heterocycles. The quantitative estimate of drug-likeness (QED) is 0.632. The van der Waals surface area contributed by atoms with Gasteiger partial charge in [0.15, 0.2) is 5.52 Å². The Kier molecular flexibility index (Phi) is 1.99. The first kappa shape index (κ1) is 9.70. The predicted octanol–water partition coefficient (Wildman–Crippen LogP) is -0.546. The van der Waals surface area contributed by atoms with E-state index in [4.69, 9.17) is 0 Å². The summed E-state index contributed by atoms with van der Waals surface area (Å²) in [6, 6.07) is 0. The van der Waals surface area contributed by atoms with Crippen LogP contribution in [0.4, 0.5) is 0 Å². The maximum Gasteiger partial charge on any atom is 0.293 e. The summed E-state index contributed by atoms with van der Waals surface area (Å²) in [5.41, 5.74) is 0.163. The van der Waals surface area contributed by atoms with Gasteiger partial charge in [-0.2, -0.15) is 0 Å². The van der Waals surface area contributed by atoms with Gasteiger partial charge in [0.25, 0.3) is 11.1 Å². The molecule has 0 unspecified atom stereocenters. The average Bonchev–Trinajstić information content (AvgIpc) is 2.67. The van der Waals surface area contributed by atoms with Gasteiger partial charge in [-0.05, 0) is 6.92 Å². The van der Waals surface area contributed by atoms with E-state index in [9.17, 15) is 9.59 Å². The third-order valence-corrected chi connectivity index (χ3v) is 2.62. The molecular weight excluding hydrogens is 196 g/mol. The van der Waals surface area contributed by atoms with Crippen molar-refractivity contribution in [1.29, 1.82) is 0 Å². The van der Waals surface area contributed by atoms with Crippen molar-refractivity contribution in [2.45, 2.75) is 13.5 Å². The molecule has 0 atom stereocenters. The second-order valence-electron chi connectivity index (χ2n) is 3.39. The van der Waals surface area contributed by atoms with Crippen LogP contribution in [0.1, 0.15) is 6.92 Å². The third-order valence-electron chi connectivity index (χ3n) is 2.62. The van der Waals surface area contributed by atoms with Crippen LogP contribution in [-0.4, -0.2) is 18.9 Å². The lowest BCUT2D eigenvalue weighted by atomic mass is 10.4. The average molecular weight is 208 g/mol. The highest BCUT2D eigenvalue weighted by atomic mass is 16.2. The number of rotatable bonds is 1. The van der Waals surface area contributed by atoms with Gasteiger partial charge in [-0.1, -0.05) is 0 Å². The van der Waals surface area contributed by atoms with E-state index >= 15 is 0 Å². The fraction of sp³-hybridized carbons (Fsp3) is 0.444. The van der Waals surface area contributed by atoms with Crippen molar-refractivity contribution in [3.05, 3.63) is 27.0 Å². The molecule has 6 nitrogen and oxygen atoms in total. The smallest absolute Gasteiger partial charge is 0.293 e. The fourth-order valence-electron chi connectivity index (χ4n) is 1.58. The molecule has 2 rings (SSSR count). The second-order valence-corrected chi connectivity index (χ2v) is 3.39. The number of nitrogens with zero attached hydrogens (tertiary/aromatic N) is 4. The van der Waals surface area contributed by atoms with Gasteiger partial charge in [0.1, 0.15) is 5.52 Å². The van der Waals surface area contributed by atoms with Crippen LogP contribution in [0.3, 0.4) is 0 Å². The molecule has 2 heterocycles. The topological polar surface area (TPSA) is 61.8 Å². The van der Waals surface area contributed by atoms with Gasteiger partial charge < -0.3 is 4.57 Å². The third kappa shape index (κ3) is 1.14. The van der Waals surface area contributed by atoms with Crippen molar-refractivity contribution in [3.63, 3.8) is 0 Å². The van der Waals surface area contributed by atoms with Crippen LogP contribution in [0, 0.1) is 0 Å².